The molecule has 5 heteroatoms. The van der Waals surface area contributed by atoms with Gasteiger partial charge in [0.2, 0.25) is 0 Å². The summed E-state index contributed by atoms with van der Waals surface area (Å²) in [5, 5.41) is 11.8. The van der Waals surface area contributed by atoms with Gasteiger partial charge in [0.1, 0.15) is 0 Å². The van der Waals surface area contributed by atoms with Crippen LogP contribution in [0.1, 0.15) is 57.8 Å². The van der Waals surface area contributed by atoms with Crippen LogP contribution in [0.3, 0.4) is 0 Å². The number of piperidine rings is 1. The summed E-state index contributed by atoms with van der Waals surface area (Å²) in [5.41, 5.74) is 0. The molecule has 21 heavy (non-hydrogen) atoms. The van der Waals surface area contributed by atoms with Gasteiger partial charge in [0.15, 0.2) is 0 Å². The van der Waals surface area contributed by atoms with Crippen LogP contribution < -0.4 is 5.32 Å². The zero-order valence-corrected chi connectivity index (χ0v) is 12.9. The molecule has 2 aliphatic rings. The van der Waals surface area contributed by atoms with Gasteiger partial charge in [-0.2, -0.15) is 0 Å². The molecule has 5 nitrogen and oxygen atoms in total. The van der Waals surface area contributed by atoms with Crippen LogP contribution in [0.15, 0.2) is 0 Å². The van der Waals surface area contributed by atoms with Gasteiger partial charge in [-0.05, 0) is 37.5 Å². The Hall–Kier alpha value is -1.26. The van der Waals surface area contributed by atoms with Crippen LogP contribution in [0, 0.1) is 11.8 Å². The average molecular weight is 296 g/mol. The summed E-state index contributed by atoms with van der Waals surface area (Å²) in [6, 6.07) is 0.0233. The number of aliphatic carboxylic acids is 1. The molecule has 120 valence electrons. The Morgan fingerprint density at radius 3 is 2.33 bits per heavy atom. The number of amides is 2. The van der Waals surface area contributed by atoms with Gasteiger partial charge in [-0.15, -0.1) is 0 Å². The Labute approximate surface area is 127 Å². The van der Waals surface area contributed by atoms with E-state index in [0.717, 1.165) is 31.7 Å². The fourth-order valence-corrected chi connectivity index (χ4v) is 3.58. The van der Waals surface area contributed by atoms with E-state index in [9.17, 15) is 9.59 Å². The minimum Gasteiger partial charge on any atom is -0.481 e. The first kappa shape index (κ1) is 16.1. The largest absolute Gasteiger partial charge is 0.481 e. The van der Waals surface area contributed by atoms with Crippen molar-refractivity contribution in [3.05, 3.63) is 0 Å². The summed E-state index contributed by atoms with van der Waals surface area (Å²) in [4.78, 5) is 24.5. The topological polar surface area (TPSA) is 69.6 Å². The number of likely N-dealkylation sites (tertiary alicyclic amines) is 1. The van der Waals surface area contributed by atoms with E-state index < -0.39 is 5.97 Å². The van der Waals surface area contributed by atoms with Crippen molar-refractivity contribution in [3.63, 3.8) is 0 Å². The molecule has 0 aromatic heterocycles. The Kier molecular flexibility index (Phi) is 6.33. The monoisotopic (exact) mass is 296 g/mol. The highest BCUT2D eigenvalue weighted by molar-refractivity contribution is 5.74. The molecule has 0 atom stereocenters. The SMILES string of the molecule is O=C(O)CC1CCN(C(=O)NCCCC2CCCC2)CC1. The maximum Gasteiger partial charge on any atom is 0.317 e. The lowest BCUT2D eigenvalue weighted by molar-refractivity contribution is -0.138. The molecule has 2 N–H and O–H groups in total. The van der Waals surface area contributed by atoms with Crippen molar-refractivity contribution in [1.82, 2.24) is 10.2 Å². The summed E-state index contributed by atoms with van der Waals surface area (Å²) in [6.45, 7) is 2.14. The molecule has 0 aromatic rings. The Bertz CT molecular complexity index is 345. The van der Waals surface area contributed by atoms with Gasteiger partial charge in [-0.1, -0.05) is 25.7 Å². The molecule has 1 aliphatic carbocycles. The van der Waals surface area contributed by atoms with Gasteiger partial charge >= 0.3 is 12.0 Å². The molecule has 0 bridgehead atoms. The highest BCUT2D eigenvalue weighted by atomic mass is 16.4. The van der Waals surface area contributed by atoms with Crippen molar-refractivity contribution >= 4 is 12.0 Å². The number of carbonyl (C=O) groups excluding carboxylic acids is 1. The van der Waals surface area contributed by atoms with E-state index >= 15 is 0 Å². The summed E-state index contributed by atoms with van der Waals surface area (Å²) in [6.07, 6.45) is 9.65. The van der Waals surface area contributed by atoms with Crippen molar-refractivity contribution in [3.8, 4) is 0 Å². The second-order valence-corrected chi connectivity index (χ2v) is 6.55. The van der Waals surface area contributed by atoms with Crippen LogP contribution >= 0.6 is 0 Å². The van der Waals surface area contributed by atoms with Crippen LogP contribution in [0.5, 0.6) is 0 Å². The third kappa shape index (κ3) is 5.56. The van der Waals surface area contributed by atoms with E-state index in [2.05, 4.69) is 5.32 Å². The van der Waals surface area contributed by atoms with Gasteiger partial charge in [-0.25, -0.2) is 4.79 Å². The molecule has 2 rings (SSSR count). The summed E-state index contributed by atoms with van der Waals surface area (Å²) < 4.78 is 0. The van der Waals surface area contributed by atoms with E-state index in [4.69, 9.17) is 5.11 Å². The lowest BCUT2D eigenvalue weighted by atomic mass is 9.94. The minimum absolute atomic E-state index is 0.0233. The van der Waals surface area contributed by atoms with Crippen LogP contribution in [0.25, 0.3) is 0 Å². The average Bonchev–Trinajstić information content (AvgIpc) is 2.97. The van der Waals surface area contributed by atoms with Crippen LogP contribution in [0.2, 0.25) is 0 Å². The molecule has 0 unspecified atom stereocenters. The predicted octanol–water partition coefficient (Wildman–Crippen LogP) is 2.85. The highest BCUT2D eigenvalue weighted by Gasteiger charge is 2.24. The Morgan fingerprint density at radius 2 is 1.71 bits per heavy atom. The van der Waals surface area contributed by atoms with E-state index in [1.807, 2.05) is 4.90 Å². The zero-order chi connectivity index (χ0) is 15.1. The second-order valence-electron chi connectivity index (χ2n) is 6.55. The number of urea groups is 1. The lowest BCUT2D eigenvalue weighted by Gasteiger charge is -2.31. The summed E-state index contributed by atoms with van der Waals surface area (Å²) in [5.74, 6) is 0.382. The Morgan fingerprint density at radius 1 is 1.05 bits per heavy atom. The normalized spacial score (nSPS) is 20.7. The summed E-state index contributed by atoms with van der Waals surface area (Å²) in [7, 11) is 0. The number of carboxylic acid groups (broad SMARTS) is 1. The van der Waals surface area contributed by atoms with Crippen LogP contribution in [-0.4, -0.2) is 41.6 Å². The fraction of sp³-hybridized carbons (Fsp3) is 0.875. The fourth-order valence-electron chi connectivity index (χ4n) is 3.58. The number of nitrogens with one attached hydrogen (secondary N) is 1. The first-order valence-electron chi connectivity index (χ1n) is 8.39. The molecule has 0 radical (unpaired) electrons. The van der Waals surface area contributed by atoms with E-state index in [1.54, 1.807) is 0 Å². The molecule has 0 spiro atoms. The smallest absolute Gasteiger partial charge is 0.317 e. The number of hydrogen-bond acceptors (Lipinski definition) is 2. The number of carboxylic acids is 1. The molecule has 1 aliphatic heterocycles. The number of nitrogens with zero attached hydrogens (tertiary/aromatic N) is 1. The van der Waals surface area contributed by atoms with Crippen molar-refractivity contribution in [2.75, 3.05) is 19.6 Å². The lowest BCUT2D eigenvalue weighted by Crippen LogP contribution is -2.44. The quantitative estimate of drug-likeness (QED) is 0.740. The number of hydrogen-bond donors (Lipinski definition) is 2. The zero-order valence-electron chi connectivity index (χ0n) is 12.9. The Balaban J connectivity index is 1.55. The predicted molar refractivity (Wildman–Crippen MR) is 81.1 cm³/mol. The molecule has 2 amide bonds. The van der Waals surface area contributed by atoms with E-state index in [0.29, 0.717) is 13.1 Å². The molecule has 1 saturated heterocycles. The first-order valence-corrected chi connectivity index (χ1v) is 8.39. The second kappa shape index (κ2) is 8.25. The first-order chi connectivity index (χ1) is 10.1. The highest BCUT2D eigenvalue weighted by Crippen LogP contribution is 2.28. The van der Waals surface area contributed by atoms with E-state index in [1.165, 1.54) is 32.1 Å². The maximum absolute atomic E-state index is 12.0. The van der Waals surface area contributed by atoms with Gasteiger partial charge in [0.25, 0.3) is 0 Å². The van der Waals surface area contributed by atoms with Gasteiger partial charge < -0.3 is 15.3 Å². The number of carbonyl (C=O) groups is 2. The number of rotatable bonds is 6. The minimum atomic E-state index is -0.732. The molecule has 1 heterocycles. The molecular weight excluding hydrogens is 268 g/mol. The third-order valence-corrected chi connectivity index (χ3v) is 4.91. The molecule has 1 saturated carbocycles. The molecular formula is C16H28N2O3. The van der Waals surface area contributed by atoms with Gasteiger partial charge in [0.05, 0.1) is 0 Å². The van der Waals surface area contributed by atoms with Crippen molar-refractivity contribution in [1.29, 1.82) is 0 Å². The van der Waals surface area contributed by atoms with Crippen LogP contribution in [0.4, 0.5) is 4.79 Å². The summed E-state index contributed by atoms with van der Waals surface area (Å²) >= 11 is 0. The maximum atomic E-state index is 12.0. The van der Waals surface area contributed by atoms with Gasteiger partial charge in [0, 0.05) is 26.1 Å². The van der Waals surface area contributed by atoms with Crippen molar-refractivity contribution in [2.45, 2.75) is 57.8 Å². The van der Waals surface area contributed by atoms with Crippen molar-refractivity contribution < 1.29 is 14.7 Å². The molecule has 0 aromatic carbocycles. The van der Waals surface area contributed by atoms with Gasteiger partial charge in [-0.3, -0.25) is 4.79 Å². The standard InChI is InChI=1S/C16H28N2O3/c19-15(20)12-14-7-10-18(11-8-14)16(21)17-9-3-6-13-4-1-2-5-13/h13-14H,1-12H2,(H,17,21)(H,19,20). The van der Waals surface area contributed by atoms with E-state index in [-0.39, 0.29) is 18.4 Å². The molecule has 2 fully saturated rings. The van der Waals surface area contributed by atoms with Crippen molar-refractivity contribution in [2.24, 2.45) is 11.8 Å². The third-order valence-electron chi connectivity index (χ3n) is 4.91. The van der Waals surface area contributed by atoms with Crippen LogP contribution in [-0.2, 0) is 4.79 Å².